The Labute approximate surface area is 106 Å². The number of hydrogen-bond acceptors (Lipinski definition) is 4. The minimum atomic E-state index is 0.0481. The number of hydrogen-bond donors (Lipinski definition) is 0. The summed E-state index contributed by atoms with van der Waals surface area (Å²) < 4.78 is 4.00. The van der Waals surface area contributed by atoms with Crippen molar-refractivity contribution < 1.29 is 0 Å². The van der Waals surface area contributed by atoms with E-state index in [4.69, 9.17) is 0 Å². The Morgan fingerprint density at radius 2 is 2.18 bits per heavy atom. The highest BCUT2D eigenvalue weighted by atomic mass is 32.2. The smallest absolute Gasteiger partial charge is 0.267 e. The van der Waals surface area contributed by atoms with Crippen molar-refractivity contribution in [1.82, 2.24) is 14.1 Å². The van der Waals surface area contributed by atoms with Gasteiger partial charge in [0.1, 0.15) is 0 Å². The molecular formula is C12H19N3OS. The van der Waals surface area contributed by atoms with E-state index in [0.29, 0.717) is 0 Å². The lowest BCUT2D eigenvalue weighted by Crippen LogP contribution is -2.35. The highest BCUT2D eigenvalue weighted by Gasteiger charge is 2.21. The summed E-state index contributed by atoms with van der Waals surface area (Å²) in [6.45, 7) is 4.11. The van der Waals surface area contributed by atoms with Gasteiger partial charge in [0.05, 0.1) is 12.2 Å². The Bertz CT molecular complexity index is 424. The van der Waals surface area contributed by atoms with Crippen molar-refractivity contribution >= 4 is 11.9 Å². The van der Waals surface area contributed by atoms with Gasteiger partial charge >= 0.3 is 0 Å². The molecular weight excluding hydrogens is 234 g/mol. The van der Waals surface area contributed by atoms with E-state index in [1.807, 2.05) is 13.1 Å². The molecule has 1 aliphatic rings. The van der Waals surface area contributed by atoms with Crippen LogP contribution < -0.4 is 5.56 Å². The molecule has 0 bridgehead atoms. The van der Waals surface area contributed by atoms with E-state index < -0.39 is 0 Å². The van der Waals surface area contributed by atoms with Crippen molar-refractivity contribution in [3.8, 4) is 0 Å². The van der Waals surface area contributed by atoms with Gasteiger partial charge < -0.3 is 0 Å². The summed E-state index contributed by atoms with van der Waals surface area (Å²) in [5.41, 5.74) is 1.07. The van der Waals surface area contributed by atoms with Crippen molar-refractivity contribution in [2.45, 2.75) is 32.2 Å². The molecule has 4 nitrogen and oxygen atoms in total. The molecule has 0 spiro atoms. The van der Waals surface area contributed by atoms with Gasteiger partial charge in [-0.3, -0.25) is 9.10 Å². The molecule has 0 amide bonds. The van der Waals surface area contributed by atoms with Crippen LogP contribution in [-0.2, 0) is 6.42 Å². The van der Waals surface area contributed by atoms with Crippen LogP contribution in [0.5, 0.6) is 0 Å². The van der Waals surface area contributed by atoms with Gasteiger partial charge in [-0.25, -0.2) is 4.68 Å². The van der Waals surface area contributed by atoms with Crippen molar-refractivity contribution in [3.05, 3.63) is 28.2 Å². The van der Waals surface area contributed by atoms with Crippen LogP contribution in [-0.4, -0.2) is 33.4 Å². The molecule has 1 aromatic heterocycles. The molecule has 1 aromatic rings. The Morgan fingerprint density at radius 3 is 2.71 bits per heavy atom. The molecule has 0 aromatic carbocycles. The number of rotatable bonds is 3. The van der Waals surface area contributed by atoms with Gasteiger partial charge in [-0.1, -0.05) is 18.9 Å². The van der Waals surface area contributed by atoms with Gasteiger partial charge in [0.2, 0.25) is 0 Å². The van der Waals surface area contributed by atoms with Crippen LogP contribution in [0.25, 0.3) is 0 Å². The predicted molar refractivity (Wildman–Crippen MR) is 71.2 cm³/mol. The molecule has 5 heteroatoms. The SMILES string of the molecule is CCc1cnn(C2CCN(SC)CC2)c(=O)c1. The lowest BCUT2D eigenvalue weighted by Gasteiger charge is -2.30. The average Bonchev–Trinajstić information content (AvgIpc) is 2.39. The van der Waals surface area contributed by atoms with Gasteiger partial charge in [0.15, 0.2) is 0 Å². The fourth-order valence-corrected chi connectivity index (χ4v) is 2.77. The van der Waals surface area contributed by atoms with Crippen LogP contribution in [0.15, 0.2) is 17.1 Å². The first kappa shape index (κ1) is 12.6. The molecule has 0 saturated carbocycles. The summed E-state index contributed by atoms with van der Waals surface area (Å²) in [7, 11) is 0. The van der Waals surface area contributed by atoms with E-state index in [0.717, 1.165) is 37.9 Å². The third-order valence-corrected chi connectivity index (χ3v) is 4.20. The molecule has 17 heavy (non-hydrogen) atoms. The molecule has 0 unspecified atom stereocenters. The molecule has 1 saturated heterocycles. The first-order valence-corrected chi connectivity index (χ1v) is 7.29. The number of piperidine rings is 1. The second-order valence-electron chi connectivity index (χ2n) is 4.34. The average molecular weight is 253 g/mol. The Kier molecular flexibility index (Phi) is 4.23. The van der Waals surface area contributed by atoms with Crippen molar-refractivity contribution in [3.63, 3.8) is 0 Å². The fourth-order valence-electron chi connectivity index (χ4n) is 2.19. The largest absolute Gasteiger partial charge is 0.268 e. The molecule has 2 rings (SSSR count). The fraction of sp³-hybridized carbons (Fsp3) is 0.667. The van der Waals surface area contributed by atoms with Crippen molar-refractivity contribution in [2.75, 3.05) is 19.3 Å². The second-order valence-corrected chi connectivity index (χ2v) is 5.22. The van der Waals surface area contributed by atoms with Crippen LogP contribution in [0.1, 0.15) is 31.4 Å². The van der Waals surface area contributed by atoms with Crippen molar-refractivity contribution in [1.29, 1.82) is 0 Å². The lowest BCUT2D eigenvalue weighted by atomic mass is 10.1. The summed E-state index contributed by atoms with van der Waals surface area (Å²) in [4.78, 5) is 11.9. The Morgan fingerprint density at radius 1 is 1.47 bits per heavy atom. The van der Waals surface area contributed by atoms with Gasteiger partial charge in [-0.15, -0.1) is 0 Å². The van der Waals surface area contributed by atoms with Crippen LogP contribution in [0.4, 0.5) is 0 Å². The number of nitrogens with zero attached hydrogens (tertiary/aromatic N) is 3. The van der Waals surface area contributed by atoms with Crippen LogP contribution >= 0.6 is 11.9 Å². The second kappa shape index (κ2) is 5.69. The van der Waals surface area contributed by atoms with E-state index in [9.17, 15) is 4.79 Å². The van der Waals surface area contributed by atoms with Gasteiger partial charge in [0.25, 0.3) is 5.56 Å². The topological polar surface area (TPSA) is 38.1 Å². The van der Waals surface area contributed by atoms with Crippen LogP contribution in [0.3, 0.4) is 0 Å². The summed E-state index contributed by atoms with van der Waals surface area (Å²) in [6, 6.07) is 1.99. The van der Waals surface area contributed by atoms with E-state index in [1.165, 1.54) is 0 Å². The molecule has 0 N–H and O–H groups in total. The highest BCUT2D eigenvalue weighted by molar-refractivity contribution is 7.96. The van der Waals surface area contributed by atoms with E-state index in [-0.39, 0.29) is 11.6 Å². The highest BCUT2D eigenvalue weighted by Crippen LogP contribution is 2.23. The van der Waals surface area contributed by atoms with Crippen molar-refractivity contribution in [2.24, 2.45) is 0 Å². The van der Waals surface area contributed by atoms with E-state index >= 15 is 0 Å². The maximum Gasteiger partial charge on any atom is 0.267 e. The Hall–Kier alpha value is -0.810. The zero-order chi connectivity index (χ0) is 12.3. The van der Waals surface area contributed by atoms with Gasteiger partial charge in [-0.2, -0.15) is 5.10 Å². The predicted octanol–water partition coefficient (Wildman–Crippen LogP) is 1.72. The maximum absolute atomic E-state index is 11.9. The molecule has 0 aliphatic carbocycles. The van der Waals surface area contributed by atoms with E-state index in [2.05, 4.69) is 15.7 Å². The standard InChI is InChI=1S/C12H19N3OS/c1-3-10-8-12(16)15(13-9-10)11-4-6-14(17-2)7-5-11/h8-9,11H,3-7H2,1-2H3. The van der Waals surface area contributed by atoms with Gasteiger partial charge in [-0.05, 0) is 31.1 Å². The van der Waals surface area contributed by atoms with Gasteiger partial charge in [0, 0.05) is 19.2 Å². The summed E-state index contributed by atoms with van der Waals surface area (Å²) in [6.07, 6.45) is 6.82. The molecule has 1 aliphatic heterocycles. The summed E-state index contributed by atoms with van der Waals surface area (Å²) in [5, 5.41) is 4.30. The van der Waals surface area contributed by atoms with Crippen LogP contribution in [0, 0.1) is 0 Å². The molecule has 94 valence electrons. The zero-order valence-electron chi connectivity index (χ0n) is 10.4. The quantitative estimate of drug-likeness (QED) is 0.769. The summed E-state index contributed by atoms with van der Waals surface area (Å²) in [5.74, 6) is 0. The number of aryl methyl sites for hydroxylation is 1. The minimum Gasteiger partial charge on any atom is -0.268 e. The third-order valence-electron chi connectivity index (χ3n) is 3.32. The summed E-state index contributed by atoms with van der Waals surface area (Å²) >= 11 is 1.78. The molecule has 0 atom stereocenters. The monoisotopic (exact) mass is 253 g/mol. The lowest BCUT2D eigenvalue weighted by molar-refractivity contribution is 0.269. The molecule has 2 heterocycles. The Balaban J connectivity index is 2.11. The zero-order valence-corrected chi connectivity index (χ0v) is 11.2. The normalized spacial score (nSPS) is 18.5. The van der Waals surface area contributed by atoms with E-state index in [1.54, 1.807) is 22.7 Å². The number of aromatic nitrogens is 2. The van der Waals surface area contributed by atoms with Crippen LogP contribution in [0.2, 0.25) is 0 Å². The third kappa shape index (κ3) is 2.90. The molecule has 0 radical (unpaired) electrons. The first-order valence-electron chi connectivity index (χ1n) is 6.11. The maximum atomic E-state index is 11.9. The first-order chi connectivity index (χ1) is 8.24. The minimum absolute atomic E-state index is 0.0481. The molecule has 1 fully saturated rings.